The molecule has 0 aliphatic carbocycles. The number of hydrogen-bond donors (Lipinski definition) is 2. The summed E-state index contributed by atoms with van der Waals surface area (Å²) in [4.78, 5) is 18.8. The Kier molecular flexibility index (Phi) is 67.6. The van der Waals surface area contributed by atoms with Crippen LogP contribution < -0.4 is 10.6 Å². The highest BCUT2D eigenvalue weighted by Gasteiger charge is 1.82. The molecule has 104 valence electrons. The molecule has 4 nitrogen and oxygen atoms in total. The van der Waals surface area contributed by atoms with Gasteiger partial charge >= 0.3 is 0 Å². The van der Waals surface area contributed by atoms with E-state index in [4.69, 9.17) is 4.79 Å². The molecule has 0 saturated carbocycles. The van der Waals surface area contributed by atoms with Crippen molar-refractivity contribution in [2.45, 2.75) is 33.1 Å². The highest BCUT2D eigenvalue weighted by molar-refractivity contribution is 5.63. The molecule has 0 aromatic carbocycles. The second-order valence-electron chi connectivity index (χ2n) is 2.64. The van der Waals surface area contributed by atoms with Gasteiger partial charge in [0.05, 0.1) is 0 Å². The first kappa shape index (κ1) is 25.0. The van der Waals surface area contributed by atoms with Gasteiger partial charge in [0.2, 0.25) is 0 Å². The maximum Gasteiger partial charge on any atom is 0.142 e. The Morgan fingerprint density at radius 3 is 1.71 bits per heavy atom. The quantitative estimate of drug-likeness (QED) is 0.426. The molecule has 0 aliphatic heterocycles. The fourth-order valence-electron chi connectivity index (χ4n) is 0.529. The molecule has 0 spiro atoms. The fraction of sp³-hybridized carbons (Fsp3) is 0.692. The third-order valence-electron chi connectivity index (χ3n) is 1.09. The van der Waals surface area contributed by atoms with Crippen LogP contribution in [0.4, 0.5) is 0 Å². The van der Waals surface area contributed by atoms with Gasteiger partial charge in [0.25, 0.3) is 0 Å². The normalized spacial score (nSPS) is 6.88. The molecule has 0 bridgehead atoms. The second kappa shape index (κ2) is 45.9. The zero-order valence-electron chi connectivity index (χ0n) is 12.1. The van der Waals surface area contributed by atoms with Crippen LogP contribution in [0.2, 0.25) is 0 Å². The minimum Gasteiger partial charge on any atom is -0.323 e. The molecular formula is C13H30N2O2. The van der Waals surface area contributed by atoms with Crippen molar-refractivity contribution in [3.05, 3.63) is 12.7 Å². The number of aldehydes is 2. The van der Waals surface area contributed by atoms with Crippen LogP contribution in [-0.2, 0) is 9.59 Å². The van der Waals surface area contributed by atoms with E-state index in [2.05, 4.69) is 17.2 Å². The number of rotatable bonds is 6. The fourth-order valence-corrected chi connectivity index (χ4v) is 0.529. The van der Waals surface area contributed by atoms with Crippen LogP contribution in [-0.4, -0.2) is 40.3 Å². The van der Waals surface area contributed by atoms with Crippen molar-refractivity contribution in [1.29, 1.82) is 0 Å². The zero-order chi connectivity index (χ0) is 14.4. The highest BCUT2D eigenvalue weighted by atomic mass is 16.1. The van der Waals surface area contributed by atoms with Crippen LogP contribution in [0, 0.1) is 0 Å². The molecule has 0 heterocycles. The Morgan fingerprint density at radius 2 is 1.47 bits per heavy atom. The number of carbonyl (C=O) groups excluding carboxylic acids is 2. The van der Waals surface area contributed by atoms with Crippen molar-refractivity contribution in [2.24, 2.45) is 0 Å². The predicted molar refractivity (Wildman–Crippen MR) is 76.4 cm³/mol. The number of carbonyl (C=O) groups is 2. The first-order chi connectivity index (χ1) is 8.24. The van der Waals surface area contributed by atoms with Gasteiger partial charge in [-0.25, -0.2) is 0 Å². The Bertz CT molecular complexity index is 123. The second-order valence-corrected chi connectivity index (χ2v) is 2.64. The van der Waals surface area contributed by atoms with E-state index in [-0.39, 0.29) is 0 Å². The van der Waals surface area contributed by atoms with Crippen LogP contribution >= 0.6 is 0 Å². The lowest BCUT2D eigenvalue weighted by Crippen LogP contribution is -2.06. The Hall–Kier alpha value is -1.00. The third kappa shape index (κ3) is 101. The van der Waals surface area contributed by atoms with Crippen LogP contribution in [0.3, 0.4) is 0 Å². The number of nitrogens with one attached hydrogen (secondary N) is 2. The maximum absolute atomic E-state index is 9.75. The highest BCUT2D eigenvalue weighted by Crippen LogP contribution is 1.88. The Balaban J connectivity index is -0.0000000792. The van der Waals surface area contributed by atoms with Crippen molar-refractivity contribution >= 4 is 12.6 Å². The van der Waals surface area contributed by atoms with Gasteiger partial charge in [-0.3, -0.25) is 4.79 Å². The smallest absolute Gasteiger partial charge is 0.142 e. The summed E-state index contributed by atoms with van der Waals surface area (Å²) in [6.45, 7) is 8.13. The van der Waals surface area contributed by atoms with E-state index in [1.807, 2.05) is 35.0 Å². The number of allylic oxidation sites excluding steroid dienone is 1. The van der Waals surface area contributed by atoms with Crippen LogP contribution in [0.15, 0.2) is 12.7 Å². The van der Waals surface area contributed by atoms with Gasteiger partial charge in [-0.15, -0.1) is 0 Å². The average Bonchev–Trinajstić information content (AvgIpc) is 2.38. The van der Waals surface area contributed by atoms with Crippen LogP contribution in [0.1, 0.15) is 33.1 Å². The van der Waals surface area contributed by atoms with Crippen LogP contribution in [0.5, 0.6) is 0 Å². The van der Waals surface area contributed by atoms with E-state index in [0.29, 0.717) is 12.7 Å². The largest absolute Gasteiger partial charge is 0.323 e. The van der Waals surface area contributed by atoms with Gasteiger partial charge in [0, 0.05) is 6.42 Å². The molecular weight excluding hydrogens is 216 g/mol. The zero-order valence-corrected chi connectivity index (χ0v) is 12.1. The van der Waals surface area contributed by atoms with E-state index in [1.54, 1.807) is 0 Å². The lowest BCUT2D eigenvalue weighted by atomic mass is 10.2. The SMILES string of the molecule is C=CC=O.CC.CNC.CNCCCCC=O. The van der Waals surface area contributed by atoms with E-state index < -0.39 is 0 Å². The van der Waals surface area contributed by atoms with E-state index in [1.165, 1.54) is 6.08 Å². The molecule has 17 heavy (non-hydrogen) atoms. The van der Waals surface area contributed by atoms with E-state index in [0.717, 1.165) is 25.7 Å². The summed E-state index contributed by atoms with van der Waals surface area (Å²) in [7, 11) is 5.67. The lowest BCUT2D eigenvalue weighted by molar-refractivity contribution is -0.108. The summed E-state index contributed by atoms with van der Waals surface area (Å²) < 4.78 is 0. The standard InChI is InChI=1S/C6H13NO.C3H4O.C2H7N.C2H6/c1-7-5-3-2-4-6-8;1-2-3-4;1-3-2;1-2/h6-7H,2-5H2,1H3;2-3H,1H2;3H,1-2H3;1-2H3. The monoisotopic (exact) mass is 246 g/mol. The molecule has 0 amide bonds. The molecule has 0 rings (SSSR count). The predicted octanol–water partition coefficient (Wildman–Crippen LogP) is 1.81. The molecule has 0 aliphatic rings. The summed E-state index contributed by atoms with van der Waals surface area (Å²) in [5.74, 6) is 0. The van der Waals surface area contributed by atoms with Crippen LogP contribution in [0.25, 0.3) is 0 Å². The molecule has 0 unspecified atom stereocenters. The average molecular weight is 246 g/mol. The summed E-state index contributed by atoms with van der Waals surface area (Å²) in [6, 6.07) is 0. The van der Waals surface area contributed by atoms with Gasteiger partial charge in [-0.05, 0) is 46.6 Å². The lowest BCUT2D eigenvalue weighted by Gasteiger charge is -1.92. The summed E-state index contributed by atoms with van der Waals surface area (Å²) in [5, 5.41) is 5.76. The molecule has 0 radical (unpaired) electrons. The Labute approximate surface area is 107 Å². The van der Waals surface area contributed by atoms with Gasteiger partial charge in [0.15, 0.2) is 0 Å². The number of unbranched alkanes of at least 4 members (excludes halogenated alkanes) is 2. The van der Waals surface area contributed by atoms with Crippen molar-refractivity contribution < 1.29 is 9.59 Å². The molecule has 0 atom stereocenters. The summed E-state index contributed by atoms with van der Waals surface area (Å²) in [6.07, 6.45) is 5.64. The van der Waals surface area contributed by atoms with Crippen molar-refractivity contribution in [3.8, 4) is 0 Å². The maximum atomic E-state index is 9.75. The van der Waals surface area contributed by atoms with Crippen molar-refractivity contribution in [2.75, 3.05) is 27.7 Å². The van der Waals surface area contributed by atoms with E-state index >= 15 is 0 Å². The minimum atomic E-state index is 0.639. The van der Waals surface area contributed by atoms with Crippen molar-refractivity contribution in [1.82, 2.24) is 10.6 Å². The van der Waals surface area contributed by atoms with Gasteiger partial charge in [0.1, 0.15) is 12.6 Å². The van der Waals surface area contributed by atoms with Gasteiger partial charge in [-0.1, -0.05) is 20.4 Å². The molecule has 2 N–H and O–H groups in total. The third-order valence-corrected chi connectivity index (χ3v) is 1.09. The number of hydrogen-bond acceptors (Lipinski definition) is 4. The summed E-state index contributed by atoms with van der Waals surface area (Å²) >= 11 is 0. The Morgan fingerprint density at radius 1 is 1.06 bits per heavy atom. The molecule has 0 aromatic rings. The summed E-state index contributed by atoms with van der Waals surface area (Å²) in [5.41, 5.74) is 0. The molecule has 0 saturated heterocycles. The molecule has 4 heteroatoms. The molecule has 0 fully saturated rings. The molecule has 0 aromatic heterocycles. The topological polar surface area (TPSA) is 58.2 Å². The van der Waals surface area contributed by atoms with Gasteiger partial charge in [-0.2, -0.15) is 0 Å². The van der Waals surface area contributed by atoms with Crippen molar-refractivity contribution in [3.63, 3.8) is 0 Å². The minimum absolute atomic E-state index is 0.639. The first-order valence-electron chi connectivity index (χ1n) is 5.97. The first-order valence-corrected chi connectivity index (χ1v) is 5.97. The van der Waals surface area contributed by atoms with E-state index in [9.17, 15) is 4.79 Å². The van der Waals surface area contributed by atoms with Gasteiger partial charge < -0.3 is 15.4 Å².